The second-order valence-electron chi connectivity index (χ2n) is 25.0. The Morgan fingerprint density at radius 2 is 0.740 bits per heavy atom. The third kappa shape index (κ3) is 13.3. The molecule has 26 nitrogen and oxygen atoms in total. The van der Waals surface area contributed by atoms with Crippen LogP contribution in [0.1, 0.15) is 159 Å². The fourth-order valence-electron chi connectivity index (χ4n) is 13.3. The standard InChI is InChI=1S/C21H23N5O2.C21H22N4O2.C13H18BrN5O2.C13H17BrN4O2/c1-4-15-12(2)13(3)20(28-15)26-16(11-10-14-8-6-5-7-9-14)23-17-18(26)24-21(22)25-19(17)27;1-4-16-13(2)14(3)21(27-16)25-17(11-10-15-8-6-5-7-9-15)24-18-19(25)22-12-23-20(18)26;1-4-7-5(2)6(3)11(21-7)19-9-8(16-12(19)14)10(20)18-13(15)17-9;1-4-8-6(2)7(3)12(20-8)18-10-9(17-13(18)14)11(19)16-5-15-10/h5-9,12-13,15,20H,4H2,1-3H3,(H3,22,24,25,27);5-9,12-14,16,21H,4H2,1-3H3,(H,22,23,26);5-7,11H,4H2,1-3H3,(H3,15,17,18,20);5-8,12H,4H2,1-3H3,(H,15,16,19)/t12-,13?,15-,20-;13-,14?,16-,21-;5-,6?,7-,11-;6-,7?,8-,12-/m1111/s1/i2*5T;;. The lowest BCUT2D eigenvalue weighted by Gasteiger charge is -2.19. The Kier molecular flexibility index (Phi) is 19.9. The molecule has 28 heteroatoms. The minimum atomic E-state index is -0.404. The third-order valence-corrected chi connectivity index (χ3v) is 20.6. The van der Waals surface area contributed by atoms with Crippen LogP contribution in [0, 0.1) is 71.0 Å². The quantitative estimate of drug-likeness (QED) is 0.0608. The van der Waals surface area contributed by atoms with Crippen molar-refractivity contribution in [3.05, 3.63) is 147 Å². The number of nitrogens with zero attached hydrogens (tertiary/aromatic N) is 12. The summed E-state index contributed by atoms with van der Waals surface area (Å²) in [5.74, 6) is 15.8. The van der Waals surface area contributed by atoms with Crippen molar-refractivity contribution in [3.63, 3.8) is 0 Å². The van der Waals surface area contributed by atoms with Crippen molar-refractivity contribution in [1.82, 2.24) is 78.1 Å². The van der Waals surface area contributed by atoms with E-state index in [9.17, 15) is 19.2 Å². The molecule has 12 heterocycles. The summed E-state index contributed by atoms with van der Waals surface area (Å²) in [4.78, 5) is 93.0. The maximum absolute atomic E-state index is 12.4. The topological polar surface area (TPSA) is 343 Å². The van der Waals surface area contributed by atoms with Crippen LogP contribution in [0.2, 0.25) is 0 Å². The van der Waals surface area contributed by atoms with Gasteiger partial charge in [-0.25, -0.2) is 29.9 Å². The molecule has 2 aromatic carbocycles. The fourth-order valence-corrected chi connectivity index (χ4v) is 14.3. The van der Waals surface area contributed by atoms with Gasteiger partial charge in [0.2, 0.25) is 11.9 Å². The van der Waals surface area contributed by atoms with Gasteiger partial charge >= 0.3 is 0 Å². The molecule has 504 valence electrons. The molecule has 0 amide bonds. The molecule has 0 bridgehead atoms. The van der Waals surface area contributed by atoms with Gasteiger partial charge in [-0.2, -0.15) is 9.97 Å². The molecule has 4 saturated heterocycles. The number of nitrogens with one attached hydrogen (secondary N) is 4. The summed E-state index contributed by atoms with van der Waals surface area (Å²) < 4.78 is 48.6. The van der Waals surface area contributed by atoms with E-state index in [2.05, 4.69) is 198 Å². The number of aromatic amines is 4. The number of nitrogen functional groups attached to an aromatic ring is 2. The highest BCUT2D eigenvalue weighted by Crippen LogP contribution is 2.46. The number of hydrogen-bond donors (Lipinski definition) is 6. The summed E-state index contributed by atoms with van der Waals surface area (Å²) in [5.41, 5.74) is 14.6. The second kappa shape index (κ2) is 29.0. The van der Waals surface area contributed by atoms with Crippen LogP contribution in [-0.2, 0) is 18.9 Å². The Morgan fingerprint density at radius 3 is 1.10 bits per heavy atom. The van der Waals surface area contributed by atoms with Crippen LogP contribution in [0.5, 0.6) is 0 Å². The van der Waals surface area contributed by atoms with E-state index in [1.807, 2.05) is 13.7 Å². The summed E-state index contributed by atoms with van der Waals surface area (Å²) in [6.07, 6.45) is 6.20. The highest BCUT2D eigenvalue weighted by atomic mass is 79.9. The van der Waals surface area contributed by atoms with Crippen LogP contribution in [0.3, 0.4) is 0 Å². The molecule has 0 spiro atoms. The summed E-state index contributed by atoms with van der Waals surface area (Å²) in [6.45, 7) is 25.8. The van der Waals surface area contributed by atoms with Crippen molar-refractivity contribution in [1.29, 1.82) is 0 Å². The van der Waals surface area contributed by atoms with Crippen molar-refractivity contribution in [2.24, 2.45) is 47.3 Å². The van der Waals surface area contributed by atoms with Crippen LogP contribution < -0.4 is 33.7 Å². The lowest BCUT2D eigenvalue weighted by molar-refractivity contribution is -0.0133. The van der Waals surface area contributed by atoms with E-state index in [0.717, 1.165) is 36.8 Å². The predicted octanol–water partition coefficient (Wildman–Crippen LogP) is 10.3. The molecular formula is C68H80Br2N18O8. The first kappa shape index (κ1) is 66.0. The van der Waals surface area contributed by atoms with Crippen LogP contribution in [0.25, 0.3) is 44.7 Å². The normalized spacial score (nSPS) is 27.0. The van der Waals surface area contributed by atoms with E-state index in [4.69, 9.17) is 33.2 Å². The molecule has 10 aromatic rings. The Bertz CT molecular complexity index is 4950. The number of nitrogens with two attached hydrogens (primary N) is 2. The second-order valence-corrected chi connectivity index (χ2v) is 26.4. The molecule has 8 N–H and O–H groups in total. The van der Waals surface area contributed by atoms with Gasteiger partial charge in [0, 0.05) is 34.8 Å². The number of H-pyrrole nitrogens is 4. The molecule has 96 heavy (non-hydrogen) atoms. The molecule has 0 saturated carbocycles. The summed E-state index contributed by atoms with van der Waals surface area (Å²) in [5, 5.41) is 0. The summed E-state index contributed by atoms with van der Waals surface area (Å²) in [7, 11) is 0. The highest BCUT2D eigenvalue weighted by molar-refractivity contribution is 9.10. The number of fused-ring (bicyclic) bond motifs is 4. The number of benzene rings is 2. The first-order chi connectivity index (χ1) is 46.9. The van der Waals surface area contributed by atoms with Gasteiger partial charge in [0.1, 0.15) is 24.9 Å². The molecule has 4 unspecified atom stereocenters. The number of imidazole rings is 4. The average Bonchev–Trinajstić information content (AvgIpc) is 1.63. The number of rotatable bonds is 8. The zero-order valence-corrected chi connectivity index (χ0v) is 58.6. The lowest BCUT2D eigenvalue weighted by Crippen LogP contribution is -2.19. The first-order valence-corrected chi connectivity index (χ1v) is 34.0. The predicted molar refractivity (Wildman–Crippen MR) is 372 cm³/mol. The van der Waals surface area contributed by atoms with E-state index >= 15 is 0 Å². The Balaban J connectivity index is 0.000000134. The molecule has 8 aromatic heterocycles. The molecule has 4 fully saturated rings. The molecule has 14 rings (SSSR count). The van der Waals surface area contributed by atoms with Gasteiger partial charge in [-0.1, -0.05) is 131 Å². The monoisotopic (exact) mass is 1440 g/mol. The van der Waals surface area contributed by atoms with Crippen molar-refractivity contribution in [2.45, 2.75) is 158 Å². The van der Waals surface area contributed by atoms with Gasteiger partial charge < -0.3 is 40.4 Å². The summed E-state index contributed by atoms with van der Waals surface area (Å²) in [6, 6.07) is 14.7. The maximum Gasteiger partial charge on any atom is 0.280 e. The highest BCUT2D eigenvalue weighted by Gasteiger charge is 2.45. The fraction of sp³-hybridized carbons (Fsp3) is 0.471. The molecular weight excluding hydrogens is 1360 g/mol. The van der Waals surface area contributed by atoms with E-state index in [1.54, 1.807) is 53.1 Å². The van der Waals surface area contributed by atoms with Crippen LogP contribution in [-0.4, -0.2) is 102 Å². The number of halogens is 2. The average molecular weight is 1440 g/mol. The molecule has 4 aliphatic heterocycles. The molecule has 0 aliphatic carbocycles. The van der Waals surface area contributed by atoms with E-state index < -0.39 is 5.56 Å². The third-order valence-electron chi connectivity index (χ3n) is 19.4. The van der Waals surface area contributed by atoms with Gasteiger partial charge in [0.25, 0.3) is 22.2 Å². The number of ether oxygens (including phenoxy) is 4. The number of anilines is 2. The Labute approximate surface area is 572 Å². The smallest absolute Gasteiger partial charge is 0.280 e. The molecule has 4 aliphatic rings. The minimum Gasteiger partial charge on any atom is -0.369 e. The maximum atomic E-state index is 12.4. The number of aromatic nitrogens is 16. The first-order valence-electron chi connectivity index (χ1n) is 33.4. The Morgan fingerprint density at radius 1 is 0.438 bits per heavy atom. The lowest BCUT2D eigenvalue weighted by atomic mass is 9.91. The van der Waals surface area contributed by atoms with Gasteiger partial charge in [0.05, 0.1) is 39.8 Å². The van der Waals surface area contributed by atoms with Crippen LogP contribution in [0.15, 0.2) is 102 Å². The largest absolute Gasteiger partial charge is 0.369 e. The SMILES string of the molecule is CC[C@H]1O[C@@H](n2c(Br)nc3c(=O)[nH]c(N)nc32)C(C)[C@H]1C.CC[C@H]1O[C@@H](n2c(Br)nc3c(=O)[nH]cnc32)C(C)[C@H]1C.[3H]c1ccc(C#Cc2nc3c(=O)[nH]c(N)nc3n2[C@@H]2O[C@H](CC)[C@H](C)C2C)cc1.[3H]c1ccc(C#Cc2nc3c(=O)[nH]cnc3n2[C@@H]2O[C@H](CC)[C@H](C)C2C)cc1. The van der Waals surface area contributed by atoms with Gasteiger partial charge in [-0.3, -0.25) is 47.4 Å². The zero-order valence-electron chi connectivity index (χ0n) is 57.4. The molecule has 16 atom stereocenters. The van der Waals surface area contributed by atoms with Gasteiger partial charge in [-0.05, 0) is 117 Å². The molecule has 0 radical (unpaired) electrons. The zero-order chi connectivity index (χ0) is 70.3. The number of hydrogen-bond acceptors (Lipinski definition) is 18. The van der Waals surface area contributed by atoms with Gasteiger partial charge in [0.15, 0.2) is 65.8 Å². The van der Waals surface area contributed by atoms with Crippen molar-refractivity contribution in [3.8, 4) is 23.7 Å². The minimum absolute atomic E-state index is 0.0277. The van der Waals surface area contributed by atoms with E-state index in [0.29, 0.717) is 90.9 Å². The van der Waals surface area contributed by atoms with Gasteiger partial charge in [-0.15, -0.1) is 0 Å². The van der Waals surface area contributed by atoms with Crippen LogP contribution in [0.4, 0.5) is 11.9 Å². The van der Waals surface area contributed by atoms with Crippen molar-refractivity contribution in [2.75, 3.05) is 11.5 Å². The van der Waals surface area contributed by atoms with E-state index in [-0.39, 0.29) is 112 Å². The van der Waals surface area contributed by atoms with Crippen molar-refractivity contribution < 1.29 is 21.7 Å². The van der Waals surface area contributed by atoms with Crippen LogP contribution >= 0.6 is 31.9 Å². The van der Waals surface area contributed by atoms with E-state index in [1.165, 1.54) is 12.7 Å². The van der Waals surface area contributed by atoms with Crippen molar-refractivity contribution >= 4 is 88.4 Å². The summed E-state index contributed by atoms with van der Waals surface area (Å²) >= 11 is 6.83. The Hall–Kier alpha value is -8.64.